The maximum absolute atomic E-state index is 5.34. The van der Waals surface area contributed by atoms with E-state index in [1.807, 2.05) is 13.8 Å². The lowest BCUT2D eigenvalue weighted by molar-refractivity contribution is -0.0198. The summed E-state index contributed by atoms with van der Waals surface area (Å²) >= 11 is 0. The van der Waals surface area contributed by atoms with Crippen LogP contribution >= 0.6 is 0 Å². The molecule has 0 unspecified atom stereocenters. The van der Waals surface area contributed by atoms with Gasteiger partial charge in [-0.15, -0.1) is 0 Å². The summed E-state index contributed by atoms with van der Waals surface area (Å²) in [6, 6.07) is 0. The number of hydrogen-bond donors (Lipinski definition) is 1. The monoisotopic (exact) mass is 155 g/mol. The van der Waals surface area contributed by atoms with Crippen molar-refractivity contribution >= 4 is 0 Å². The van der Waals surface area contributed by atoms with Gasteiger partial charge in [0.15, 0.2) is 0 Å². The van der Waals surface area contributed by atoms with E-state index in [9.17, 15) is 0 Å². The summed E-state index contributed by atoms with van der Waals surface area (Å²) in [5.41, 5.74) is 4.13. The van der Waals surface area contributed by atoms with Crippen molar-refractivity contribution < 1.29 is 4.84 Å². The van der Waals surface area contributed by atoms with Crippen LogP contribution in [0.25, 0.3) is 0 Å². The van der Waals surface area contributed by atoms with Crippen LogP contribution in [0, 0.1) is 5.41 Å². The average Bonchev–Trinajstić information content (AvgIpc) is 2.07. The lowest BCUT2D eigenvalue weighted by atomic mass is 9.90. The molecule has 1 rings (SSSR count). The van der Waals surface area contributed by atoms with Crippen LogP contribution in [0.2, 0.25) is 0 Å². The van der Waals surface area contributed by atoms with E-state index in [1.165, 1.54) is 5.70 Å². The summed E-state index contributed by atoms with van der Waals surface area (Å²) in [4.78, 5) is 5.34. The predicted molar refractivity (Wildman–Crippen MR) is 45.8 cm³/mol. The van der Waals surface area contributed by atoms with Gasteiger partial charge in [0.25, 0.3) is 0 Å². The molecule has 0 aromatic rings. The second kappa shape index (κ2) is 2.24. The van der Waals surface area contributed by atoms with E-state index in [1.54, 1.807) is 0 Å². The van der Waals surface area contributed by atoms with Gasteiger partial charge in [-0.2, -0.15) is 0 Å². The zero-order valence-corrected chi connectivity index (χ0v) is 7.99. The minimum Gasteiger partial charge on any atom is -0.270 e. The third-order valence-corrected chi connectivity index (χ3v) is 1.72. The highest BCUT2D eigenvalue weighted by Gasteiger charge is 2.29. The zero-order chi connectivity index (χ0) is 8.70. The standard InChI is InChI=1S/C9H17NO/c1-8(2,3)7-6-9(4,5)11-10-7/h6,10H,1-5H3. The van der Waals surface area contributed by atoms with E-state index in [0.29, 0.717) is 0 Å². The van der Waals surface area contributed by atoms with Crippen molar-refractivity contribution in [1.82, 2.24) is 5.48 Å². The molecule has 0 atom stereocenters. The third-order valence-electron chi connectivity index (χ3n) is 1.72. The summed E-state index contributed by atoms with van der Waals surface area (Å²) in [7, 11) is 0. The molecule has 1 aliphatic heterocycles. The van der Waals surface area contributed by atoms with Crippen LogP contribution in [-0.4, -0.2) is 5.60 Å². The Hall–Kier alpha value is -0.500. The molecule has 1 N–H and O–H groups in total. The van der Waals surface area contributed by atoms with Crippen LogP contribution in [0.15, 0.2) is 11.8 Å². The lowest BCUT2D eigenvalue weighted by Crippen LogP contribution is -2.23. The van der Waals surface area contributed by atoms with Gasteiger partial charge in [-0.25, -0.2) is 0 Å². The van der Waals surface area contributed by atoms with Crippen molar-refractivity contribution in [2.24, 2.45) is 5.41 Å². The molecule has 2 nitrogen and oxygen atoms in total. The Labute approximate surface area is 68.6 Å². The normalized spacial score (nSPS) is 22.8. The van der Waals surface area contributed by atoms with E-state index in [-0.39, 0.29) is 11.0 Å². The second-order valence-corrected chi connectivity index (χ2v) is 4.62. The first kappa shape index (κ1) is 8.60. The molecular weight excluding hydrogens is 138 g/mol. The fraction of sp³-hybridized carbons (Fsp3) is 0.778. The molecule has 0 aliphatic carbocycles. The predicted octanol–water partition coefficient (Wildman–Crippen LogP) is 2.23. The lowest BCUT2D eigenvalue weighted by Gasteiger charge is -2.19. The van der Waals surface area contributed by atoms with Crippen LogP contribution < -0.4 is 5.48 Å². The van der Waals surface area contributed by atoms with Gasteiger partial charge in [0.05, 0.1) is 0 Å². The Balaban J connectivity index is 2.79. The molecule has 0 bridgehead atoms. The molecule has 0 fully saturated rings. The average molecular weight is 155 g/mol. The topological polar surface area (TPSA) is 21.3 Å². The molecule has 0 saturated heterocycles. The number of nitrogens with one attached hydrogen (secondary N) is 1. The van der Waals surface area contributed by atoms with E-state index in [2.05, 4.69) is 32.3 Å². The fourth-order valence-corrected chi connectivity index (χ4v) is 0.963. The highest BCUT2D eigenvalue weighted by molar-refractivity contribution is 5.16. The van der Waals surface area contributed by atoms with E-state index >= 15 is 0 Å². The van der Waals surface area contributed by atoms with Gasteiger partial charge in [-0.05, 0) is 19.9 Å². The smallest absolute Gasteiger partial charge is 0.110 e. The van der Waals surface area contributed by atoms with Crippen LogP contribution in [0.4, 0.5) is 0 Å². The molecule has 64 valence electrons. The molecule has 0 radical (unpaired) electrons. The van der Waals surface area contributed by atoms with Crippen molar-refractivity contribution in [2.75, 3.05) is 0 Å². The molecule has 0 saturated carbocycles. The van der Waals surface area contributed by atoms with E-state index in [4.69, 9.17) is 4.84 Å². The maximum atomic E-state index is 5.34. The summed E-state index contributed by atoms with van der Waals surface area (Å²) in [6.45, 7) is 10.6. The van der Waals surface area contributed by atoms with Gasteiger partial charge in [0, 0.05) is 11.1 Å². The number of hydroxylamine groups is 1. The molecule has 0 aromatic carbocycles. The van der Waals surface area contributed by atoms with Crippen LogP contribution in [0.3, 0.4) is 0 Å². The summed E-state index contributed by atoms with van der Waals surface area (Å²) < 4.78 is 0. The van der Waals surface area contributed by atoms with Crippen LogP contribution in [0.5, 0.6) is 0 Å². The van der Waals surface area contributed by atoms with Gasteiger partial charge in [-0.3, -0.25) is 10.3 Å². The Bertz CT molecular complexity index is 186. The molecule has 0 spiro atoms. The summed E-state index contributed by atoms with van der Waals surface area (Å²) in [5, 5.41) is 0. The van der Waals surface area contributed by atoms with Crippen LogP contribution in [0.1, 0.15) is 34.6 Å². The molecule has 1 aliphatic rings. The molecule has 2 heteroatoms. The number of hydrogen-bond acceptors (Lipinski definition) is 2. The Morgan fingerprint density at radius 2 is 1.91 bits per heavy atom. The molecule has 1 heterocycles. The highest BCUT2D eigenvalue weighted by Crippen LogP contribution is 2.30. The number of rotatable bonds is 0. The van der Waals surface area contributed by atoms with E-state index < -0.39 is 0 Å². The molecular formula is C9H17NO. The Morgan fingerprint density at radius 1 is 1.36 bits per heavy atom. The SMILES string of the molecule is CC1(C)C=C(C(C)(C)C)NO1. The first-order valence-corrected chi connectivity index (χ1v) is 3.99. The minimum absolute atomic E-state index is 0.150. The molecule has 11 heavy (non-hydrogen) atoms. The molecule has 0 aromatic heterocycles. The number of allylic oxidation sites excluding steroid dienone is 1. The van der Waals surface area contributed by atoms with Gasteiger partial charge in [-0.1, -0.05) is 20.8 Å². The quantitative estimate of drug-likeness (QED) is 0.579. The largest absolute Gasteiger partial charge is 0.270 e. The first-order valence-electron chi connectivity index (χ1n) is 3.99. The first-order chi connectivity index (χ1) is 4.81. The fourth-order valence-electron chi connectivity index (χ4n) is 0.963. The maximum Gasteiger partial charge on any atom is 0.110 e. The zero-order valence-electron chi connectivity index (χ0n) is 7.99. The second-order valence-electron chi connectivity index (χ2n) is 4.62. The Kier molecular flexibility index (Phi) is 1.75. The summed E-state index contributed by atoms with van der Waals surface area (Å²) in [6.07, 6.45) is 2.13. The van der Waals surface area contributed by atoms with Crippen molar-refractivity contribution in [3.8, 4) is 0 Å². The minimum atomic E-state index is -0.150. The highest BCUT2D eigenvalue weighted by atomic mass is 16.7. The molecule has 0 amide bonds. The Morgan fingerprint density at radius 3 is 2.09 bits per heavy atom. The van der Waals surface area contributed by atoms with Crippen molar-refractivity contribution in [3.63, 3.8) is 0 Å². The summed E-state index contributed by atoms with van der Waals surface area (Å²) in [5.74, 6) is 0. The van der Waals surface area contributed by atoms with Gasteiger partial charge < -0.3 is 0 Å². The van der Waals surface area contributed by atoms with E-state index in [0.717, 1.165) is 0 Å². The van der Waals surface area contributed by atoms with Crippen molar-refractivity contribution in [3.05, 3.63) is 11.8 Å². The van der Waals surface area contributed by atoms with Crippen LogP contribution in [-0.2, 0) is 4.84 Å². The van der Waals surface area contributed by atoms with Gasteiger partial charge in [0.2, 0.25) is 0 Å². The van der Waals surface area contributed by atoms with Crippen molar-refractivity contribution in [2.45, 2.75) is 40.2 Å². The van der Waals surface area contributed by atoms with Gasteiger partial charge >= 0.3 is 0 Å². The third kappa shape index (κ3) is 1.96. The van der Waals surface area contributed by atoms with Gasteiger partial charge in [0.1, 0.15) is 5.60 Å². The van der Waals surface area contributed by atoms with Crippen molar-refractivity contribution in [1.29, 1.82) is 0 Å².